The minimum Gasteiger partial charge on any atom is -0.355 e. The molecule has 2 rings (SSSR count). The largest absolute Gasteiger partial charge is 0.355 e. The molecule has 0 aliphatic carbocycles. The molecule has 2 aliphatic heterocycles. The Labute approximate surface area is 121 Å². The predicted molar refractivity (Wildman–Crippen MR) is 76.4 cm³/mol. The lowest BCUT2D eigenvalue weighted by atomic mass is 10.0. The summed E-state index contributed by atoms with van der Waals surface area (Å²) in [5.74, 6) is -0.278. The quantitative estimate of drug-likeness (QED) is 0.734. The number of hydrogen-bond donors (Lipinski definition) is 2. The van der Waals surface area contributed by atoms with E-state index >= 15 is 0 Å². The van der Waals surface area contributed by atoms with Gasteiger partial charge in [-0.25, -0.2) is 22.0 Å². The molecule has 1 unspecified atom stereocenters. The van der Waals surface area contributed by atoms with Crippen molar-refractivity contribution in [2.45, 2.75) is 25.0 Å². The molecule has 0 bridgehead atoms. The van der Waals surface area contributed by atoms with Crippen LogP contribution in [0.4, 0.5) is 0 Å². The molecule has 0 saturated carbocycles. The number of sulfonamides is 1. The molecule has 0 saturated heterocycles. The van der Waals surface area contributed by atoms with Crippen LogP contribution in [0.3, 0.4) is 0 Å². The second-order valence-electron chi connectivity index (χ2n) is 4.69. The highest BCUT2D eigenvalue weighted by molar-refractivity contribution is 8.26. The summed E-state index contributed by atoms with van der Waals surface area (Å²) in [6.45, 7) is 3.82. The summed E-state index contributed by atoms with van der Waals surface area (Å²) in [7, 11) is -8.43. The molecule has 1 atom stereocenters. The fourth-order valence-electron chi connectivity index (χ4n) is 2.10. The Morgan fingerprint density at radius 3 is 2.60 bits per heavy atom. The lowest BCUT2D eigenvalue weighted by Gasteiger charge is -2.22. The maximum atomic E-state index is 12.2. The van der Waals surface area contributed by atoms with E-state index in [1.165, 1.54) is 0 Å². The SMILES string of the molecule is CCNC(=O)C1(C)CC2=C(S1)S(=O)(=O)C(S(N)(=O)=O)=C2. The fourth-order valence-corrected chi connectivity index (χ4v) is 7.32. The lowest BCUT2D eigenvalue weighted by molar-refractivity contribution is -0.122. The average molecular weight is 338 g/mol. The lowest BCUT2D eigenvalue weighted by Crippen LogP contribution is -2.41. The van der Waals surface area contributed by atoms with Gasteiger partial charge in [0, 0.05) is 6.54 Å². The normalized spacial score (nSPS) is 28.2. The molecule has 7 nitrogen and oxygen atoms in total. The van der Waals surface area contributed by atoms with Gasteiger partial charge < -0.3 is 5.32 Å². The van der Waals surface area contributed by atoms with Gasteiger partial charge in [-0.15, -0.1) is 0 Å². The van der Waals surface area contributed by atoms with Crippen molar-refractivity contribution in [2.24, 2.45) is 5.14 Å². The first kappa shape index (κ1) is 15.5. The molecule has 0 aromatic rings. The Kier molecular flexibility index (Phi) is 3.56. The first-order valence-electron chi connectivity index (χ1n) is 5.72. The van der Waals surface area contributed by atoms with Gasteiger partial charge in [0.15, 0.2) is 4.24 Å². The number of thioether (sulfide) groups is 1. The molecule has 0 aromatic carbocycles. The molecule has 0 spiro atoms. The van der Waals surface area contributed by atoms with Gasteiger partial charge in [0.25, 0.3) is 0 Å². The molecule has 2 aliphatic rings. The molecule has 1 amide bonds. The summed E-state index contributed by atoms with van der Waals surface area (Å²) >= 11 is 0.866. The van der Waals surface area contributed by atoms with Crippen LogP contribution in [0.15, 0.2) is 20.1 Å². The number of primary sulfonamides is 1. The van der Waals surface area contributed by atoms with Crippen LogP contribution in [0.2, 0.25) is 0 Å². The summed E-state index contributed by atoms with van der Waals surface area (Å²) < 4.78 is 45.1. The monoisotopic (exact) mass is 338 g/mol. The van der Waals surface area contributed by atoms with Crippen LogP contribution >= 0.6 is 11.8 Å². The van der Waals surface area contributed by atoms with E-state index in [1.54, 1.807) is 13.8 Å². The molecule has 2 heterocycles. The van der Waals surface area contributed by atoms with E-state index in [0.29, 0.717) is 12.1 Å². The number of allylic oxidation sites excluding steroid dienone is 2. The summed E-state index contributed by atoms with van der Waals surface area (Å²) in [5.41, 5.74) is 0.327. The van der Waals surface area contributed by atoms with Crippen molar-refractivity contribution in [3.05, 3.63) is 20.1 Å². The first-order chi connectivity index (χ1) is 9.02. The van der Waals surface area contributed by atoms with E-state index in [2.05, 4.69) is 5.32 Å². The smallest absolute Gasteiger partial charge is 0.249 e. The van der Waals surface area contributed by atoms with Gasteiger partial charge in [-0.05, 0) is 31.9 Å². The molecule has 3 N–H and O–H groups in total. The number of rotatable bonds is 3. The zero-order valence-corrected chi connectivity index (χ0v) is 13.3. The third kappa shape index (κ3) is 2.30. The first-order valence-corrected chi connectivity index (χ1v) is 9.57. The highest BCUT2D eigenvalue weighted by Crippen LogP contribution is 2.54. The van der Waals surface area contributed by atoms with Gasteiger partial charge in [-0.1, -0.05) is 11.8 Å². The van der Waals surface area contributed by atoms with E-state index in [4.69, 9.17) is 5.14 Å². The summed E-state index contributed by atoms with van der Waals surface area (Å²) in [4.78, 5) is 12.0. The standard InChI is InChI=1S/C10H14N2O5S3/c1-3-12-9(13)10(2)5-6-4-7(20(11,16)17)19(14,15)8(6)18-10/h4H,3,5H2,1-2H3,(H,12,13)(H2,11,16,17). The van der Waals surface area contributed by atoms with Crippen LogP contribution in [0.25, 0.3) is 0 Å². The van der Waals surface area contributed by atoms with Crippen molar-refractivity contribution in [2.75, 3.05) is 6.54 Å². The molecule has 112 valence electrons. The Morgan fingerprint density at radius 2 is 2.15 bits per heavy atom. The van der Waals surface area contributed by atoms with Gasteiger partial charge in [0.2, 0.25) is 25.8 Å². The Balaban J connectivity index is 2.40. The average Bonchev–Trinajstić information content (AvgIpc) is 2.74. The van der Waals surface area contributed by atoms with Gasteiger partial charge >= 0.3 is 0 Å². The van der Waals surface area contributed by atoms with Crippen molar-refractivity contribution in [1.29, 1.82) is 0 Å². The van der Waals surface area contributed by atoms with Crippen molar-refractivity contribution < 1.29 is 21.6 Å². The maximum Gasteiger partial charge on any atom is 0.249 e. The number of hydrogen-bond acceptors (Lipinski definition) is 6. The third-order valence-corrected chi connectivity index (χ3v) is 8.57. The third-order valence-electron chi connectivity index (χ3n) is 3.01. The minimum absolute atomic E-state index is 0.0877. The van der Waals surface area contributed by atoms with E-state index in [0.717, 1.165) is 17.8 Å². The summed E-state index contributed by atoms with van der Waals surface area (Å²) in [6, 6.07) is 0. The zero-order chi connectivity index (χ0) is 15.3. The highest BCUT2D eigenvalue weighted by Gasteiger charge is 2.50. The Hall–Kier alpha value is -0.840. The van der Waals surface area contributed by atoms with Crippen molar-refractivity contribution in [1.82, 2.24) is 5.32 Å². The number of carbonyl (C=O) groups excluding carboxylic acids is 1. The second-order valence-corrected chi connectivity index (χ2v) is 10.1. The van der Waals surface area contributed by atoms with Crippen LogP contribution in [0.5, 0.6) is 0 Å². The van der Waals surface area contributed by atoms with Crippen molar-refractivity contribution >= 4 is 37.5 Å². The number of carbonyl (C=O) groups is 1. The maximum absolute atomic E-state index is 12.2. The topological polar surface area (TPSA) is 123 Å². The summed E-state index contributed by atoms with van der Waals surface area (Å²) in [5, 5.41) is 7.55. The van der Waals surface area contributed by atoms with Crippen LogP contribution in [0, 0.1) is 0 Å². The van der Waals surface area contributed by atoms with E-state index in [1.807, 2.05) is 0 Å². The molecular weight excluding hydrogens is 324 g/mol. The highest BCUT2D eigenvalue weighted by atomic mass is 32.3. The number of nitrogens with two attached hydrogens (primary N) is 1. The van der Waals surface area contributed by atoms with Gasteiger partial charge in [-0.2, -0.15) is 0 Å². The molecule has 0 radical (unpaired) electrons. The zero-order valence-electron chi connectivity index (χ0n) is 10.8. The molecule has 10 heteroatoms. The number of nitrogens with one attached hydrogen (secondary N) is 1. The van der Waals surface area contributed by atoms with Gasteiger partial charge in [0.05, 0.1) is 0 Å². The van der Waals surface area contributed by atoms with Gasteiger partial charge in [-0.3, -0.25) is 4.79 Å². The molecule has 0 aromatic heterocycles. The number of amides is 1. The van der Waals surface area contributed by atoms with Crippen LogP contribution in [-0.2, 0) is 24.7 Å². The minimum atomic E-state index is -4.30. The van der Waals surface area contributed by atoms with Crippen LogP contribution < -0.4 is 10.5 Å². The fraction of sp³-hybridized carbons (Fsp3) is 0.500. The second kappa shape index (κ2) is 4.58. The van der Waals surface area contributed by atoms with Crippen molar-refractivity contribution in [3.63, 3.8) is 0 Å². The molecular formula is C10H14N2O5S3. The van der Waals surface area contributed by atoms with Crippen LogP contribution in [0.1, 0.15) is 20.3 Å². The Bertz CT molecular complexity index is 748. The van der Waals surface area contributed by atoms with E-state index < -0.39 is 28.8 Å². The predicted octanol–water partition coefficient (Wildman–Crippen LogP) is -0.212. The Morgan fingerprint density at radius 1 is 1.55 bits per heavy atom. The van der Waals surface area contributed by atoms with Gasteiger partial charge in [0.1, 0.15) is 8.98 Å². The summed E-state index contributed by atoms with van der Waals surface area (Å²) in [6.07, 6.45) is 1.20. The molecule has 20 heavy (non-hydrogen) atoms. The van der Waals surface area contributed by atoms with E-state index in [-0.39, 0.29) is 16.6 Å². The van der Waals surface area contributed by atoms with Crippen LogP contribution in [-0.4, -0.2) is 34.0 Å². The van der Waals surface area contributed by atoms with Crippen molar-refractivity contribution in [3.8, 4) is 0 Å². The molecule has 0 fully saturated rings. The van der Waals surface area contributed by atoms with E-state index in [9.17, 15) is 21.6 Å². The number of sulfone groups is 1.